The normalized spacial score (nSPS) is 16.0. The van der Waals surface area contributed by atoms with E-state index in [9.17, 15) is 9.18 Å². The molecule has 0 spiro atoms. The smallest absolute Gasteiger partial charge is 0.202 e. The number of halogens is 1. The Morgan fingerprint density at radius 2 is 1.80 bits per heavy atom. The molecule has 0 atom stereocenters. The number of fused-ring (bicyclic) bond motifs is 2. The lowest BCUT2D eigenvalue weighted by molar-refractivity contribution is 0.188. The third-order valence-corrected chi connectivity index (χ3v) is 4.77. The third kappa shape index (κ3) is 2.77. The van der Waals surface area contributed by atoms with Gasteiger partial charge in [-0.1, -0.05) is 12.1 Å². The number of piperazine rings is 1. The predicted octanol–water partition coefficient (Wildman–Crippen LogP) is 2.20. The van der Waals surface area contributed by atoms with Crippen molar-refractivity contribution in [2.75, 3.05) is 44.2 Å². The number of aliphatic hydroxyl groups excluding tert-OH is 1. The van der Waals surface area contributed by atoms with Crippen LogP contribution in [0.4, 0.5) is 10.1 Å². The van der Waals surface area contributed by atoms with Crippen LogP contribution in [0.2, 0.25) is 0 Å². The molecule has 0 saturated carbocycles. The van der Waals surface area contributed by atoms with Crippen LogP contribution in [0.15, 0.2) is 45.6 Å². The lowest BCUT2D eigenvalue weighted by Crippen LogP contribution is -2.47. The number of para-hydroxylation sites is 1. The van der Waals surface area contributed by atoms with Gasteiger partial charge in [0.2, 0.25) is 5.43 Å². The van der Waals surface area contributed by atoms with Gasteiger partial charge in [0, 0.05) is 32.7 Å². The standard InChI is InChI=1S/C19H19FN2O3/c20-14-5-6-16-17(19(24)13-3-1-2-4-15(13)25-16)18(14)22-9-7-21(8-10-22)11-12-23/h1-6,23H,7-12H2. The summed E-state index contributed by atoms with van der Waals surface area (Å²) < 4.78 is 20.5. The second kappa shape index (κ2) is 6.46. The Balaban J connectivity index is 1.85. The molecule has 0 unspecified atom stereocenters. The van der Waals surface area contributed by atoms with Gasteiger partial charge in [-0.05, 0) is 24.3 Å². The zero-order valence-electron chi connectivity index (χ0n) is 13.7. The van der Waals surface area contributed by atoms with Gasteiger partial charge in [-0.25, -0.2) is 4.39 Å². The number of benzene rings is 2. The molecule has 1 fully saturated rings. The molecule has 130 valence electrons. The average Bonchev–Trinajstić information content (AvgIpc) is 2.64. The zero-order valence-corrected chi connectivity index (χ0v) is 13.7. The summed E-state index contributed by atoms with van der Waals surface area (Å²) in [6, 6.07) is 9.90. The van der Waals surface area contributed by atoms with E-state index in [-0.39, 0.29) is 12.0 Å². The van der Waals surface area contributed by atoms with Gasteiger partial charge in [0.15, 0.2) is 0 Å². The molecule has 0 radical (unpaired) electrons. The molecule has 1 aliphatic rings. The molecule has 25 heavy (non-hydrogen) atoms. The first kappa shape index (κ1) is 16.1. The van der Waals surface area contributed by atoms with Crippen molar-refractivity contribution < 1.29 is 13.9 Å². The van der Waals surface area contributed by atoms with E-state index in [2.05, 4.69) is 4.90 Å². The molecule has 4 rings (SSSR count). The molecule has 1 N–H and O–H groups in total. The maximum atomic E-state index is 14.7. The Labute approximate surface area is 143 Å². The summed E-state index contributed by atoms with van der Waals surface area (Å²) in [5.74, 6) is -0.411. The van der Waals surface area contributed by atoms with E-state index in [1.54, 1.807) is 18.2 Å². The van der Waals surface area contributed by atoms with Gasteiger partial charge in [-0.15, -0.1) is 0 Å². The largest absolute Gasteiger partial charge is 0.456 e. The van der Waals surface area contributed by atoms with Crippen molar-refractivity contribution in [3.05, 3.63) is 52.4 Å². The molecular weight excluding hydrogens is 323 g/mol. The van der Waals surface area contributed by atoms with E-state index in [0.29, 0.717) is 47.3 Å². The Morgan fingerprint density at radius 1 is 1.04 bits per heavy atom. The minimum atomic E-state index is -0.411. The molecular formula is C19H19FN2O3. The van der Waals surface area contributed by atoms with Crippen molar-refractivity contribution >= 4 is 27.6 Å². The quantitative estimate of drug-likeness (QED) is 0.740. The van der Waals surface area contributed by atoms with Crippen LogP contribution < -0.4 is 10.3 Å². The van der Waals surface area contributed by atoms with E-state index in [4.69, 9.17) is 9.52 Å². The van der Waals surface area contributed by atoms with Gasteiger partial charge in [0.05, 0.1) is 23.1 Å². The number of nitrogens with zero attached hydrogens (tertiary/aromatic N) is 2. The molecule has 0 aliphatic carbocycles. The maximum Gasteiger partial charge on any atom is 0.202 e. The van der Waals surface area contributed by atoms with E-state index < -0.39 is 5.82 Å². The van der Waals surface area contributed by atoms with Crippen LogP contribution in [-0.2, 0) is 0 Å². The van der Waals surface area contributed by atoms with Gasteiger partial charge >= 0.3 is 0 Å². The second-order valence-corrected chi connectivity index (χ2v) is 6.25. The minimum absolute atomic E-state index is 0.109. The van der Waals surface area contributed by atoms with Crippen LogP contribution in [0, 0.1) is 5.82 Å². The van der Waals surface area contributed by atoms with E-state index in [1.165, 1.54) is 12.1 Å². The van der Waals surface area contributed by atoms with Crippen molar-refractivity contribution in [1.29, 1.82) is 0 Å². The highest BCUT2D eigenvalue weighted by Crippen LogP contribution is 2.30. The van der Waals surface area contributed by atoms with Crippen molar-refractivity contribution in [3.63, 3.8) is 0 Å². The molecule has 3 aromatic rings. The first-order valence-electron chi connectivity index (χ1n) is 8.41. The second-order valence-electron chi connectivity index (χ2n) is 6.25. The number of rotatable bonds is 3. The van der Waals surface area contributed by atoms with Crippen molar-refractivity contribution in [2.45, 2.75) is 0 Å². The van der Waals surface area contributed by atoms with Crippen molar-refractivity contribution in [2.24, 2.45) is 0 Å². The lowest BCUT2D eigenvalue weighted by atomic mass is 10.1. The van der Waals surface area contributed by atoms with Crippen LogP contribution in [0.3, 0.4) is 0 Å². The first-order chi connectivity index (χ1) is 12.2. The first-order valence-corrected chi connectivity index (χ1v) is 8.41. The van der Waals surface area contributed by atoms with Crippen LogP contribution in [-0.4, -0.2) is 49.3 Å². The summed E-state index contributed by atoms with van der Waals surface area (Å²) in [5.41, 5.74) is 1.02. The van der Waals surface area contributed by atoms with Gasteiger partial charge in [0.1, 0.15) is 17.0 Å². The van der Waals surface area contributed by atoms with Crippen LogP contribution >= 0.6 is 0 Å². The fraction of sp³-hybridized carbons (Fsp3) is 0.316. The molecule has 0 amide bonds. The molecule has 1 aliphatic heterocycles. The Morgan fingerprint density at radius 3 is 2.56 bits per heavy atom. The molecule has 6 heteroatoms. The summed E-state index contributed by atoms with van der Waals surface area (Å²) in [6.07, 6.45) is 0. The summed E-state index contributed by atoms with van der Waals surface area (Å²) in [4.78, 5) is 17.0. The molecule has 2 heterocycles. The topological polar surface area (TPSA) is 56.9 Å². The number of anilines is 1. The fourth-order valence-electron chi connectivity index (χ4n) is 3.49. The van der Waals surface area contributed by atoms with Crippen molar-refractivity contribution in [3.8, 4) is 0 Å². The SMILES string of the molecule is O=c1c2ccccc2oc2ccc(F)c(N3CCN(CCO)CC3)c12. The van der Waals surface area contributed by atoms with Gasteiger partial charge in [0.25, 0.3) is 0 Å². The maximum absolute atomic E-state index is 14.7. The number of aliphatic hydroxyl groups is 1. The summed E-state index contributed by atoms with van der Waals surface area (Å²) >= 11 is 0. The third-order valence-electron chi connectivity index (χ3n) is 4.77. The number of hydrogen-bond acceptors (Lipinski definition) is 5. The number of hydrogen-bond donors (Lipinski definition) is 1. The Bertz CT molecular complexity index is 977. The Kier molecular flexibility index (Phi) is 4.15. The minimum Gasteiger partial charge on any atom is -0.456 e. The number of β-amino-alcohol motifs (C(OH)–C–C–N with tert-alkyl or cyclic N) is 1. The molecule has 0 bridgehead atoms. The highest BCUT2D eigenvalue weighted by atomic mass is 19.1. The van der Waals surface area contributed by atoms with E-state index in [0.717, 1.165) is 13.1 Å². The van der Waals surface area contributed by atoms with Crippen LogP contribution in [0.1, 0.15) is 0 Å². The summed E-state index contributed by atoms with van der Waals surface area (Å²) in [7, 11) is 0. The van der Waals surface area contributed by atoms with Gasteiger partial charge in [-0.3, -0.25) is 9.69 Å². The summed E-state index contributed by atoms with van der Waals surface area (Å²) in [5, 5.41) is 9.81. The Hall–Kier alpha value is -2.44. The highest BCUT2D eigenvalue weighted by molar-refractivity contribution is 5.97. The fourth-order valence-corrected chi connectivity index (χ4v) is 3.49. The van der Waals surface area contributed by atoms with Crippen molar-refractivity contribution in [1.82, 2.24) is 4.90 Å². The predicted molar refractivity (Wildman–Crippen MR) is 95.7 cm³/mol. The monoisotopic (exact) mass is 342 g/mol. The highest BCUT2D eigenvalue weighted by Gasteiger charge is 2.23. The molecule has 5 nitrogen and oxygen atoms in total. The summed E-state index contributed by atoms with van der Waals surface area (Å²) in [6.45, 7) is 3.35. The molecule has 1 saturated heterocycles. The van der Waals surface area contributed by atoms with E-state index >= 15 is 0 Å². The lowest BCUT2D eigenvalue weighted by Gasteiger charge is -2.36. The van der Waals surface area contributed by atoms with Gasteiger partial charge in [-0.2, -0.15) is 0 Å². The average molecular weight is 342 g/mol. The van der Waals surface area contributed by atoms with Crippen LogP contribution in [0.25, 0.3) is 21.9 Å². The molecule has 2 aromatic carbocycles. The molecule has 1 aromatic heterocycles. The zero-order chi connectivity index (χ0) is 17.4. The van der Waals surface area contributed by atoms with E-state index in [1.807, 2.05) is 11.0 Å². The van der Waals surface area contributed by atoms with Gasteiger partial charge < -0.3 is 14.4 Å². The van der Waals surface area contributed by atoms with Crippen LogP contribution in [0.5, 0.6) is 0 Å².